The predicted octanol–water partition coefficient (Wildman–Crippen LogP) is 4.82. The van der Waals surface area contributed by atoms with E-state index in [-0.39, 0.29) is 23.4 Å². The fraction of sp³-hybridized carbons (Fsp3) is 0.714. The van der Waals surface area contributed by atoms with Gasteiger partial charge in [0.2, 0.25) is 0 Å². The summed E-state index contributed by atoms with van der Waals surface area (Å²) in [6.07, 6.45) is 4.71. The number of aliphatic hydroxyl groups is 1. The average Bonchev–Trinajstić information content (AvgIpc) is 2.68. The van der Waals surface area contributed by atoms with E-state index in [2.05, 4.69) is 11.9 Å². The van der Waals surface area contributed by atoms with Crippen molar-refractivity contribution in [1.82, 2.24) is 9.88 Å². The van der Waals surface area contributed by atoms with Gasteiger partial charge in [-0.25, -0.2) is 0 Å². The van der Waals surface area contributed by atoms with Crippen LogP contribution in [-0.2, 0) is 6.18 Å². The number of aromatic nitrogens is 1. The minimum atomic E-state index is -4.52. The second-order valence-corrected chi connectivity index (χ2v) is 8.20. The predicted molar refractivity (Wildman–Crippen MR) is 99.7 cm³/mol. The molecule has 1 aromatic heterocycles. The van der Waals surface area contributed by atoms with E-state index in [9.17, 15) is 23.1 Å². The smallest absolute Gasteiger partial charge is 0.389 e. The molecule has 0 radical (unpaired) electrons. The Bertz CT molecular complexity index is 677. The molecule has 28 heavy (non-hydrogen) atoms. The Morgan fingerprint density at radius 2 is 2.04 bits per heavy atom. The first kappa shape index (κ1) is 21.1. The summed E-state index contributed by atoms with van der Waals surface area (Å²) in [6.45, 7) is 2.57. The highest BCUT2D eigenvalue weighted by molar-refractivity contribution is 5.94. The Hall–Kier alpha value is -1.63. The van der Waals surface area contributed by atoms with Crippen molar-refractivity contribution in [3.05, 3.63) is 29.6 Å². The van der Waals surface area contributed by atoms with E-state index in [4.69, 9.17) is 0 Å². The van der Waals surface area contributed by atoms with E-state index in [0.717, 1.165) is 63.6 Å². The first-order chi connectivity index (χ1) is 13.3. The first-order valence-corrected chi connectivity index (χ1v) is 10.3. The summed E-state index contributed by atoms with van der Waals surface area (Å²) in [5.74, 6) is -0.244. The summed E-state index contributed by atoms with van der Waals surface area (Å²) in [6, 6.07) is 2.01. The van der Waals surface area contributed by atoms with E-state index >= 15 is 0 Å². The van der Waals surface area contributed by atoms with Gasteiger partial charge in [-0.3, -0.25) is 9.78 Å². The lowest BCUT2D eigenvalue weighted by molar-refractivity contribution is -0.141. The Labute approximate surface area is 164 Å². The number of hydrogen-bond acceptors (Lipinski definition) is 3. The van der Waals surface area contributed by atoms with Gasteiger partial charge in [-0.1, -0.05) is 39.0 Å². The van der Waals surface area contributed by atoms with Crippen LogP contribution in [0.25, 0.3) is 0 Å². The van der Waals surface area contributed by atoms with Gasteiger partial charge in [-0.15, -0.1) is 0 Å². The number of carbonyl (C=O) groups is 1. The molecule has 1 aromatic rings. The largest absolute Gasteiger partial charge is 0.433 e. The number of amides is 1. The van der Waals surface area contributed by atoms with E-state index in [1.165, 1.54) is 6.07 Å². The molecule has 3 atom stereocenters. The molecule has 156 valence electrons. The summed E-state index contributed by atoms with van der Waals surface area (Å²) in [5, 5.41) is 11.3. The third-order valence-corrected chi connectivity index (χ3v) is 6.38. The van der Waals surface area contributed by atoms with Crippen LogP contribution in [0.15, 0.2) is 18.3 Å². The van der Waals surface area contributed by atoms with Gasteiger partial charge in [0.1, 0.15) is 5.69 Å². The Morgan fingerprint density at radius 1 is 1.29 bits per heavy atom. The van der Waals surface area contributed by atoms with Gasteiger partial charge in [-0.05, 0) is 37.8 Å². The van der Waals surface area contributed by atoms with Crippen LogP contribution in [0.2, 0.25) is 0 Å². The molecule has 0 bridgehead atoms. The van der Waals surface area contributed by atoms with E-state index in [1.54, 1.807) is 4.90 Å². The Balaban J connectivity index is 1.76. The number of halogens is 3. The number of hydrogen-bond donors (Lipinski definition) is 1. The lowest BCUT2D eigenvalue weighted by Crippen LogP contribution is -2.60. The molecule has 1 saturated heterocycles. The van der Waals surface area contributed by atoms with Crippen LogP contribution < -0.4 is 0 Å². The molecule has 1 unspecified atom stereocenters. The lowest BCUT2D eigenvalue weighted by atomic mass is 9.67. The van der Waals surface area contributed by atoms with Gasteiger partial charge in [0.25, 0.3) is 5.91 Å². The van der Waals surface area contributed by atoms with Gasteiger partial charge < -0.3 is 10.0 Å². The highest BCUT2D eigenvalue weighted by atomic mass is 19.4. The summed E-state index contributed by atoms with van der Waals surface area (Å²) in [5.41, 5.74) is -1.56. The van der Waals surface area contributed by atoms with Gasteiger partial charge in [0, 0.05) is 24.7 Å². The number of unbranched alkanes of at least 4 members (excludes halogenated alkanes) is 2. The molecule has 1 amide bonds. The molecular formula is C21H29F3N2O2. The summed E-state index contributed by atoms with van der Waals surface area (Å²) in [4.78, 5) is 18.2. The molecular weight excluding hydrogens is 369 g/mol. The number of likely N-dealkylation sites (tertiary alicyclic amines) is 1. The molecule has 1 aliphatic carbocycles. The Kier molecular flexibility index (Phi) is 6.32. The maximum absolute atomic E-state index is 13.0. The zero-order valence-electron chi connectivity index (χ0n) is 16.3. The maximum Gasteiger partial charge on any atom is 0.433 e. The van der Waals surface area contributed by atoms with E-state index in [1.807, 2.05) is 0 Å². The number of pyridine rings is 1. The zero-order chi connectivity index (χ0) is 20.4. The van der Waals surface area contributed by atoms with Crippen molar-refractivity contribution in [2.45, 2.75) is 82.5 Å². The van der Waals surface area contributed by atoms with Crippen molar-refractivity contribution in [3.8, 4) is 0 Å². The summed E-state index contributed by atoms with van der Waals surface area (Å²) < 4.78 is 38.2. The van der Waals surface area contributed by atoms with Crippen LogP contribution in [-0.4, -0.2) is 39.1 Å². The minimum Gasteiger partial charge on any atom is -0.389 e. The maximum atomic E-state index is 13.0. The summed E-state index contributed by atoms with van der Waals surface area (Å²) in [7, 11) is 0. The minimum absolute atomic E-state index is 0.0400. The third kappa shape index (κ3) is 4.34. The molecule has 2 fully saturated rings. The second-order valence-electron chi connectivity index (χ2n) is 8.20. The molecule has 1 N–H and O–H groups in total. The molecule has 0 spiro atoms. The van der Waals surface area contributed by atoms with Crippen LogP contribution in [0.1, 0.15) is 80.8 Å². The molecule has 2 aliphatic rings. The number of piperidine rings is 1. The highest BCUT2D eigenvalue weighted by Crippen LogP contribution is 2.44. The summed E-state index contributed by atoms with van der Waals surface area (Å²) >= 11 is 0. The first-order valence-electron chi connectivity index (χ1n) is 10.3. The molecule has 1 aliphatic heterocycles. The zero-order valence-corrected chi connectivity index (χ0v) is 16.3. The van der Waals surface area contributed by atoms with E-state index in [0.29, 0.717) is 13.0 Å². The van der Waals surface area contributed by atoms with Crippen LogP contribution in [0.4, 0.5) is 13.2 Å². The standard InChI is InChI=1S/C21H29F3N2O2/c1-2-3-6-11-20(28)12-13-26(17-8-5-4-7-16(17)20)19(27)15-9-10-18(25-14-15)21(22,23)24/h9-10,14,16-17,28H,2-8,11-13H2,1H3/t16-,17+,20?/m1/s1. The molecule has 4 nitrogen and oxygen atoms in total. The quantitative estimate of drug-likeness (QED) is 0.724. The average molecular weight is 398 g/mol. The van der Waals surface area contributed by atoms with Crippen molar-refractivity contribution in [3.63, 3.8) is 0 Å². The van der Waals surface area contributed by atoms with Crippen molar-refractivity contribution in [1.29, 1.82) is 0 Å². The fourth-order valence-corrected chi connectivity index (χ4v) is 4.87. The second kappa shape index (κ2) is 8.39. The normalized spacial score (nSPS) is 28.1. The Morgan fingerprint density at radius 3 is 2.68 bits per heavy atom. The molecule has 7 heteroatoms. The number of alkyl halides is 3. The van der Waals surface area contributed by atoms with Crippen LogP contribution >= 0.6 is 0 Å². The number of carbonyl (C=O) groups excluding carboxylic acids is 1. The van der Waals surface area contributed by atoms with E-state index < -0.39 is 17.5 Å². The van der Waals surface area contributed by atoms with Gasteiger partial charge in [0.05, 0.1) is 11.2 Å². The SMILES string of the molecule is CCCCCC1(O)CCN(C(=O)c2ccc(C(F)(F)F)nc2)[C@H]2CCCC[C@H]21. The van der Waals surface area contributed by atoms with Crippen molar-refractivity contribution in [2.24, 2.45) is 5.92 Å². The lowest BCUT2D eigenvalue weighted by Gasteiger charge is -2.52. The number of fused-ring (bicyclic) bond motifs is 1. The van der Waals surface area contributed by atoms with Crippen LogP contribution in [0, 0.1) is 5.92 Å². The van der Waals surface area contributed by atoms with Gasteiger partial charge >= 0.3 is 6.18 Å². The fourth-order valence-electron chi connectivity index (χ4n) is 4.87. The number of rotatable bonds is 5. The monoisotopic (exact) mass is 398 g/mol. The molecule has 0 aromatic carbocycles. The molecule has 3 rings (SSSR count). The van der Waals surface area contributed by atoms with Crippen molar-refractivity contribution < 1.29 is 23.1 Å². The van der Waals surface area contributed by atoms with Crippen molar-refractivity contribution in [2.75, 3.05) is 6.54 Å². The van der Waals surface area contributed by atoms with Gasteiger partial charge in [0.15, 0.2) is 0 Å². The van der Waals surface area contributed by atoms with Crippen molar-refractivity contribution >= 4 is 5.91 Å². The third-order valence-electron chi connectivity index (χ3n) is 6.38. The topological polar surface area (TPSA) is 53.4 Å². The van der Waals surface area contributed by atoms with Crippen LogP contribution in [0.5, 0.6) is 0 Å². The molecule has 2 heterocycles. The van der Waals surface area contributed by atoms with Gasteiger partial charge in [-0.2, -0.15) is 13.2 Å². The highest BCUT2D eigenvalue weighted by Gasteiger charge is 2.49. The van der Waals surface area contributed by atoms with Crippen LogP contribution in [0.3, 0.4) is 0 Å². The number of nitrogens with zero attached hydrogens (tertiary/aromatic N) is 2. The molecule has 1 saturated carbocycles.